The maximum atomic E-state index is 10.8. The summed E-state index contributed by atoms with van der Waals surface area (Å²) < 4.78 is 0. The molecule has 0 aromatic carbocycles. The van der Waals surface area contributed by atoms with Gasteiger partial charge in [0, 0.05) is 0 Å². The summed E-state index contributed by atoms with van der Waals surface area (Å²) in [5, 5.41) is 8.91. The van der Waals surface area contributed by atoms with E-state index >= 15 is 0 Å². The van der Waals surface area contributed by atoms with Gasteiger partial charge in [0.2, 0.25) is 0 Å². The summed E-state index contributed by atoms with van der Waals surface area (Å²) in [5.74, 6) is -0.839. The molecule has 0 bridgehead atoms. The zero-order valence-electron chi connectivity index (χ0n) is 9.11. The second-order valence-corrected chi connectivity index (χ2v) is 4.98. The molecule has 0 aromatic rings. The van der Waals surface area contributed by atoms with Crippen molar-refractivity contribution in [1.82, 2.24) is 4.90 Å². The monoisotopic (exact) mass is 212 g/mol. The number of nitrogens with zero attached hydrogens (tertiary/aromatic N) is 1. The quantitative estimate of drug-likeness (QED) is 0.702. The van der Waals surface area contributed by atoms with Gasteiger partial charge in [-0.15, -0.1) is 0 Å². The zero-order chi connectivity index (χ0) is 10.9. The van der Waals surface area contributed by atoms with E-state index in [2.05, 4.69) is 4.90 Å². The Morgan fingerprint density at radius 3 is 2.47 bits per heavy atom. The van der Waals surface area contributed by atoms with Crippen LogP contribution in [0, 0.1) is 5.41 Å². The molecule has 1 saturated heterocycles. The Kier molecular flexibility index (Phi) is 2.98. The lowest BCUT2D eigenvalue weighted by Crippen LogP contribution is -2.41. The van der Waals surface area contributed by atoms with E-state index < -0.39 is 12.0 Å². The maximum absolute atomic E-state index is 10.8. The molecule has 1 saturated carbocycles. The lowest BCUT2D eigenvalue weighted by Gasteiger charge is -2.23. The van der Waals surface area contributed by atoms with Crippen LogP contribution in [0.15, 0.2) is 0 Å². The van der Waals surface area contributed by atoms with E-state index in [1.54, 1.807) is 0 Å². The highest BCUT2D eigenvalue weighted by Crippen LogP contribution is 2.51. The lowest BCUT2D eigenvalue weighted by molar-refractivity contribution is -0.140. The maximum Gasteiger partial charge on any atom is 0.321 e. The first-order chi connectivity index (χ1) is 7.14. The number of carboxylic acids is 1. The molecule has 0 amide bonds. The first-order valence-corrected chi connectivity index (χ1v) is 5.85. The van der Waals surface area contributed by atoms with Crippen LogP contribution in [0.25, 0.3) is 0 Å². The molecule has 3 N–H and O–H groups in total. The van der Waals surface area contributed by atoms with Gasteiger partial charge in [0.1, 0.15) is 6.04 Å². The summed E-state index contributed by atoms with van der Waals surface area (Å²) in [6.07, 6.45) is 5.53. The van der Waals surface area contributed by atoms with Gasteiger partial charge in [0.05, 0.1) is 0 Å². The van der Waals surface area contributed by atoms with E-state index in [4.69, 9.17) is 10.8 Å². The number of rotatable bonds is 5. The smallest absolute Gasteiger partial charge is 0.321 e. The Morgan fingerprint density at radius 2 is 2.00 bits per heavy atom. The minimum atomic E-state index is -0.839. The number of aliphatic carboxylic acids is 1. The SMILES string of the molecule is NC(C(=O)O)C1(CCN2CCCC2)CC1. The molecule has 4 heteroatoms. The van der Waals surface area contributed by atoms with Crippen molar-refractivity contribution in [2.75, 3.05) is 19.6 Å². The molecule has 86 valence electrons. The molecular weight excluding hydrogens is 192 g/mol. The molecule has 0 aromatic heterocycles. The van der Waals surface area contributed by atoms with Crippen LogP contribution in [-0.4, -0.2) is 41.7 Å². The molecule has 15 heavy (non-hydrogen) atoms. The van der Waals surface area contributed by atoms with Crippen LogP contribution in [-0.2, 0) is 4.79 Å². The molecule has 2 rings (SSSR count). The van der Waals surface area contributed by atoms with Crippen LogP contribution >= 0.6 is 0 Å². The molecule has 2 aliphatic rings. The van der Waals surface area contributed by atoms with Gasteiger partial charge in [-0.05, 0) is 57.2 Å². The third kappa shape index (κ3) is 2.32. The predicted octanol–water partition coefficient (Wildman–Crippen LogP) is 0.664. The van der Waals surface area contributed by atoms with Crippen molar-refractivity contribution in [3.8, 4) is 0 Å². The van der Waals surface area contributed by atoms with E-state index in [0.29, 0.717) is 0 Å². The van der Waals surface area contributed by atoms with Crippen LogP contribution in [0.3, 0.4) is 0 Å². The van der Waals surface area contributed by atoms with Crippen molar-refractivity contribution in [2.24, 2.45) is 11.1 Å². The summed E-state index contributed by atoms with van der Waals surface area (Å²) in [5.41, 5.74) is 5.65. The van der Waals surface area contributed by atoms with Gasteiger partial charge >= 0.3 is 5.97 Å². The summed E-state index contributed by atoms with van der Waals surface area (Å²) in [4.78, 5) is 13.3. The largest absolute Gasteiger partial charge is 0.480 e. The summed E-state index contributed by atoms with van der Waals surface area (Å²) in [6.45, 7) is 3.39. The van der Waals surface area contributed by atoms with E-state index in [-0.39, 0.29) is 5.41 Å². The summed E-state index contributed by atoms with van der Waals surface area (Å²) in [6, 6.07) is -0.653. The predicted molar refractivity (Wildman–Crippen MR) is 57.6 cm³/mol. The van der Waals surface area contributed by atoms with Gasteiger partial charge < -0.3 is 15.7 Å². The second-order valence-electron chi connectivity index (χ2n) is 4.98. The average molecular weight is 212 g/mol. The van der Waals surface area contributed by atoms with Gasteiger partial charge in [-0.25, -0.2) is 0 Å². The second kappa shape index (κ2) is 4.10. The third-order valence-corrected chi connectivity index (χ3v) is 3.94. The van der Waals surface area contributed by atoms with Gasteiger partial charge in [-0.1, -0.05) is 0 Å². The van der Waals surface area contributed by atoms with Crippen molar-refractivity contribution < 1.29 is 9.90 Å². The Hall–Kier alpha value is -0.610. The van der Waals surface area contributed by atoms with Crippen molar-refractivity contribution in [2.45, 2.75) is 38.1 Å². The van der Waals surface area contributed by atoms with Crippen LogP contribution in [0.4, 0.5) is 0 Å². The Bertz CT molecular complexity index is 245. The number of hydrogen-bond donors (Lipinski definition) is 2. The molecule has 1 heterocycles. The molecule has 0 radical (unpaired) electrons. The molecule has 1 aliphatic heterocycles. The number of nitrogens with two attached hydrogens (primary N) is 1. The first kappa shape index (κ1) is 10.9. The number of hydrogen-bond acceptors (Lipinski definition) is 3. The van der Waals surface area contributed by atoms with Crippen molar-refractivity contribution in [1.29, 1.82) is 0 Å². The van der Waals surface area contributed by atoms with Gasteiger partial charge in [0.25, 0.3) is 0 Å². The normalized spacial score (nSPS) is 26.5. The number of carboxylic acid groups (broad SMARTS) is 1. The highest BCUT2D eigenvalue weighted by Gasteiger charge is 2.50. The van der Waals surface area contributed by atoms with Crippen LogP contribution in [0.2, 0.25) is 0 Å². The first-order valence-electron chi connectivity index (χ1n) is 5.85. The lowest BCUT2D eigenvalue weighted by atomic mass is 9.93. The van der Waals surface area contributed by atoms with Gasteiger partial charge in [0.15, 0.2) is 0 Å². The Labute approximate surface area is 90.4 Å². The van der Waals surface area contributed by atoms with Crippen molar-refractivity contribution in [3.63, 3.8) is 0 Å². The van der Waals surface area contributed by atoms with Crippen LogP contribution in [0.1, 0.15) is 32.1 Å². The van der Waals surface area contributed by atoms with E-state index in [9.17, 15) is 4.79 Å². The van der Waals surface area contributed by atoms with Gasteiger partial charge in [-0.3, -0.25) is 4.79 Å². The van der Waals surface area contributed by atoms with E-state index in [1.165, 1.54) is 25.9 Å². The van der Waals surface area contributed by atoms with Crippen molar-refractivity contribution in [3.05, 3.63) is 0 Å². The van der Waals surface area contributed by atoms with E-state index in [0.717, 1.165) is 25.8 Å². The van der Waals surface area contributed by atoms with E-state index in [1.807, 2.05) is 0 Å². The fraction of sp³-hybridized carbons (Fsp3) is 0.909. The highest BCUT2D eigenvalue weighted by atomic mass is 16.4. The summed E-state index contributed by atoms with van der Waals surface area (Å²) in [7, 11) is 0. The number of carbonyl (C=O) groups is 1. The molecule has 4 nitrogen and oxygen atoms in total. The third-order valence-electron chi connectivity index (χ3n) is 3.94. The molecule has 1 aliphatic carbocycles. The Morgan fingerprint density at radius 1 is 1.40 bits per heavy atom. The fourth-order valence-corrected chi connectivity index (χ4v) is 2.53. The fourth-order valence-electron chi connectivity index (χ4n) is 2.53. The minimum absolute atomic E-state index is 0.0750. The Balaban J connectivity index is 1.80. The van der Waals surface area contributed by atoms with Crippen LogP contribution < -0.4 is 5.73 Å². The molecule has 2 fully saturated rings. The minimum Gasteiger partial charge on any atom is -0.480 e. The number of likely N-dealkylation sites (tertiary alicyclic amines) is 1. The summed E-state index contributed by atoms with van der Waals surface area (Å²) >= 11 is 0. The van der Waals surface area contributed by atoms with Gasteiger partial charge in [-0.2, -0.15) is 0 Å². The highest BCUT2D eigenvalue weighted by molar-refractivity contribution is 5.75. The zero-order valence-corrected chi connectivity index (χ0v) is 9.11. The van der Waals surface area contributed by atoms with Crippen LogP contribution in [0.5, 0.6) is 0 Å². The van der Waals surface area contributed by atoms with Crippen molar-refractivity contribution >= 4 is 5.97 Å². The molecular formula is C11H20N2O2. The average Bonchev–Trinajstić information content (AvgIpc) is 2.82. The standard InChI is InChI=1S/C11H20N2O2/c12-9(10(14)15)11(3-4-11)5-8-13-6-1-2-7-13/h9H,1-8,12H2,(H,14,15). The topological polar surface area (TPSA) is 66.6 Å². The molecule has 0 spiro atoms. The molecule has 1 unspecified atom stereocenters. The molecule has 1 atom stereocenters.